The van der Waals surface area contributed by atoms with Crippen molar-refractivity contribution < 1.29 is 23.5 Å². The van der Waals surface area contributed by atoms with E-state index in [1.54, 1.807) is 0 Å². The van der Waals surface area contributed by atoms with E-state index in [1.807, 2.05) is 72.8 Å². The molecule has 2 N–H and O–H groups in total. The smallest absolute Gasteiger partial charge is 0.242 e. The Bertz CT molecular complexity index is 2020. The van der Waals surface area contributed by atoms with Crippen molar-refractivity contribution in [2.75, 3.05) is 0 Å². The van der Waals surface area contributed by atoms with E-state index in [0.717, 1.165) is 33.8 Å². The van der Waals surface area contributed by atoms with E-state index < -0.39 is 27.8 Å². The summed E-state index contributed by atoms with van der Waals surface area (Å²) in [7, 11) is -4.11. The second kappa shape index (κ2) is 15.5. The van der Waals surface area contributed by atoms with E-state index in [2.05, 4.69) is 147 Å². The van der Waals surface area contributed by atoms with Gasteiger partial charge in [-0.3, -0.25) is 0 Å². The Balaban J connectivity index is 1.89. The fourth-order valence-electron chi connectivity index (χ4n) is 7.72. The predicted octanol–water partition coefficient (Wildman–Crippen LogP) is 13.5. The van der Waals surface area contributed by atoms with Gasteiger partial charge in [0.1, 0.15) is 23.0 Å². The summed E-state index contributed by atoms with van der Waals surface area (Å²) in [5.74, 6) is 2.40. The summed E-state index contributed by atoms with van der Waals surface area (Å²) in [6.07, 6.45) is 0. The van der Waals surface area contributed by atoms with Crippen LogP contribution in [0, 0.1) is 0 Å². The highest BCUT2D eigenvalue weighted by Crippen LogP contribution is 2.50. The van der Waals surface area contributed by atoms with Crippen LogP contribution in [0.25, 0.3) is 0 Å². The first kappa shape index (κ1) is 46.2. The molecule has 0 saturated heterocycles. The third kappa shape index (κ3) is 9.70. The third-order valence-electron chi connectivity index (χ3n) is 10.8. The van der Waals surface area contributed by atoms with Crippen molar-refractivity contribution in [2.45, 2.75) is 155 Å². The molecule has 0 spiro atoms. The van der Waals surface area contributed by atoms with Gasteiger partial charge in [0.2, 0.25) is 16.6 Å². The van der Waals surface area contributed by atoms with Crippen LogP contribution in [0.3, 0.4) is 0 Å². The number of hydrogen-bond acceptors (Lipinski definition) is 5. The van der Waals surface area contributed by atoms with E-state index in [9.17, 15) is 10.2 Å². The van der Waals surface area contributed by atoms with E-state index in [-0.39, 0.29) is 21.7 Å². The number of hydrogen-bond donors (Lipinski definition) is 2. The lowest BCUT2D eigenvalue weighted by atomic mass is 9.74. The Morgan fingerprint density at radius 2 is 0.644 bits per heavy atom. The van der Waals surface area contributed by atoms with Gasteiger partial charge in [0.05, 0.1) is 0 Å². The summed E-state index contributed by atoms with van der Waals surface area (Å²) < 4.78 is 20.9. The van der Waals surface area contributed by atoms with Crippen LogP contribution < -0.4 is 8.85 Å². The van der Waals surface area contributed by atoms with Gasteiger partial charge in [0.25, 0.3) is 0 Å². The van der Waals surface area contributed by atoms with Crippen molar-refractivity contribution in [3.63, 3.8) is 0 Å². The Morgan fingerprint density at radius 3 is 0.864 bits per heavy atom. The molecule has 59 heavy (non-hydrogen) atoms. The molecule has 0 fully saturated rings. The molecule has 5 aromatic rings. The Hall–Kier alpha value is -3.89. The van der Waals surface area contributed by atoms with Crippen LogP contribution in [-0.4, -0.2) is 26.8 Å². The zero-order valence-electron chi connectivity index (χ0n) is 39.4. The summed E-state index contributed by atoms with van der Waals surface area (Å²) in [6, 6.07) is 31.5. The number of aliphatic hydroxyl groups is 2. The second-order valence-corrected chi connectivity index (χ2v) is 31.4. The molecule has 4 aromatic carbocycles. The van der Waals surface area contributed by atoms with Crippen molar-refractivity contribution in [1.82, 2.24) is 0 Å². The van der Waals surface area contributed by atoms with E-state index >= 15 is 0 Å². The summed E-state index contributed by atoms with van der Waals surface area (Å²) in [6.45, 7) is 39.6. The molecule has 2 unspecified atom stereocenters. The number of furan rings is 1. The average Bonchev–Trinajstić information content (AvgIpc) is 3.60. The minimum absolute atomic E-state index is 0.303. The normalized spacial score (nSPS) is 15.4. The minimum Gasteiger partial charge on any atom is -0.544 e. The van der Waals surface area contributed by atoms with Crippen molar-refractivity contribution in [1.29, 1.82) is 0 Å². The van der Waals surface area contributed by atoms with Gasteiger partial charge in [-0.05, 0) is 142 Å². The minimum atomic E-state index is -2.05. The molecular formula is C52H72O5Si2. The van der Waals surface area contributed by atoms with E-state index in [4.69, 9.17) is 13.3 Å². The summed E-state index contributed by atoms with van der Waals surface area (Å²) in [5.41, 5.74) is 2.00. The van der Waals surface area contributed by atoms with Gasteiger partial charge in [-0.1, -0.05) is 144 Å². The first-order valence-electron chi connectivity index (χ1n) is 21.2. The number of benzene rings is 4. The molecule has 0 amide bonds. The molecule has 0 aliphatic rings. The van der Waals surface area contributed by atoms with Gasteiger partial charge in [-0.15, -0.1) is 0 Å². The quantitative estimate of drug-likeness (QED) is 0.137. The van der Waals surface area contributed by atoms with Crippen LogP contribution in [0.15, 0.2) is 101 Å². The maximum Gasteiger partial charge on any atom is 0.242 e. The van der Waals surface area contributed by atoms with Crippen LogP contribution >= 0.6 is 0 Å². The molecule has 0 bridgehead atoms. The predicted molar refractivity (Wildman–Crippen MR) is 251 cm³/mol. The zero-order chi connectivity index (χ0) is 44.4. The molecule has 2 atom stereocenters. The lowest BCUT2D eigenvalue weighted by molar-refractivity contribution is 0.0712. The molecule has 5 rings (SSSR count). The highest BCUT2D eigenvalue weighted by atomic mass is 28.4. The van der Waals surface area contributed by atoms with E-state index in [0.29, 0.717) is 33.8 Å². The summed E-state index contributed by atoms with van der Waals surface area (Å²) >= 11 is 0. The molecule has 1 aromatic heterocycles. The highest BCUT2D eigenvalue weighted by Gasteiger charge is 2.45. The summed E-state index contributed by atoms with van der Waals surface area (Å²) in [4.78, 5) is 0. The van der Waals surface area contributed by atoms with Crippen LogP contribution in [0.4, 0.5) is 0 Å². The molecule has 5 nitrogen and oxygen atoms in total. The van der Waals surface area contributed by atoms with Crippen molar-refractivity contribution >= 4 is 16.6 Å². The first-order chi connectivity index (χ1) is 26.8. The number of rotatable bonds is 10. The van der Waals surface area contributed by atoms with Crippen molar-refractivity contribution in [3.8, 4) is 11.5 Å². The lowest BCUT2D eigenvalue weighted by Gasteiger charge is -2.37. The SMILES string of the molecule is CC(C)(C)c1cc(C(O)(c2ccccc2)c2ccc(C(O)(c3ccccc3)c3cc(C(C)(C)C)c(O[Si](C)(C)C)c(C(C)(C)C)c3)o2)cc(C(C)(C)C)c1O[Si](C)(C)C. The molecule has 7 heteroatoms. The van der Waals surface area contributed by atoms with Gasteiger partial charge >= 0.3 is 0 Å². The molecule has 1 heterocycles. The van der Waals surface area contributed by atoms with Crippen molar-refractivity contribution in [3.05, 3.63) is 153 Å². The average molecular weight is 833 g/mol. The molecule has 0 aliphatic heterocycles. The largest absolute Gasteiger partial charge is 0.544 e. The fraction of sp³-hybridized carbons (Fsp3) is 0.462. The van der Waals surface area contributed by atoms with E-state index in [1.165, 1.54) is 0 Å². The van der Waals surface area contributed by atoms with Crippen LogP contribution in [0.5, 0.6) is 11.5 Å². The fourth-order valence-corrected chi connectivity index (χ4v) is 9.39. The maximum absolute atomic E-state index is 13.6. The third-order valence-corrected chi connectivity index (χ3v) is 12.4. The van der Waals surface area contributed by atoms with Gasteiger partial charge in [-0.25, -0.2) is 0 Å². The molecule has 0 saturated carbocycles. The topological polar surface area (TPSA) is 72.1 Å². The highest BCUT2D eigenvalue weighted by molar-refractivity contribution is 6.70. The van der Waals surface area contributed by atoms with Crippen LogP contribution in [0.2, 0.25) is 39.3 Å². The van der Waals surface area contributed by atoms with Crippen LogP contribution in [0.1, 0.15) is 139 Å². The zero-order valence-corrected chi connectivity index (χ0v) is 41.4. The summed E-state index contributed by atoms with van der Waals surface area (Å²) in [5, 5.41) is 27.2. The molecular weight excluding hydrogens is 761 g/mol. The molecule has 318 valence electrons. The standard InChI is InChI=1S/C52H72O5Si2/c1-47(2,3)39-31-37(32-40(48(4,5)6)45(39)56-58(13,14)15)51(53,35-25-21-19-22-26-35)43-29-30-44(55-43)52(54,36-27-23-20-24-28-36)38-33-41(49(7,8)9)46(57-59(16,17)18)42(34-38)50(10,11)12/h19-34,53-54H,1-18H3. The van der Waals surface area contributed by atoms with Gasteiger partial charge in [-0.2, -0.15) is 0 Å². The Labute approximate surface area is 358 Å². The van der Waals surface area contributed by atoms with Crippen molar-refractivity contribution in [2.24, 2.45) is 0 Å². The van der Waals surface area contributed by atoms with Gasteiger partial charge < -0.3 is 23.5 Å². The Kier molecular flexibility index (Phi) is 12.2. The molecule has 0 aliphatic carbocycles. The van der Waals surface area contributed by atoms with Crippen LogP contribution in [-0.2, 0) is 32.9 Å². The molecule has 0 radical (unpaired) electrons. The first-order valence-corrected chi connectivity index (χ1v) is 28.0. The maximum atomic E-state index is 13.6. The van der Waals surface area contributed by atoms with Gasteiger partial charge in [0, 0.05) is 0 Å². The lowest BCUT2D eigenvalue weighted by Crippen LogP contribution is -2.35. The van der Waals surface area contributed by atoms with Gasteiger partial charge in [0.15, 0.2) is 11.2 Å². The monoisotopic (exact) mass is 832 g/mol. The second-order valence-electron chi connectivity index (χ2n) is 22.5. The Morgan fingerprint density at radius 1 is 0.390 bits per heavy atom.